The summed E-state index contributed by atoms with van der Waals surface area (Å²) in [7, 11) is 0. The maximum absolute atomic E-state index is 12.1. The van der Waals surface area contributed by atoms with Crippen LogP contribution >= 0.6 is 0 Å². The Morgan fingerprint density at radius 2 is 1.72 bits per heavy atom. The molecule has 0 N–H and O–H groups in total. The summed E-state index contributed by atoms with van der Waals surface area (Å²) in [5.74, 6) is -0.344. The Kier molecular flexibility index (Phi) is 5.76. The van der Waals surface area contributed by atoms with Gasteiger partial charge in [-0.2, -0.15) is 10.5 Å². The van der Waals surface area contributed by atoms with Crippen LogP contribution in [0.5, 0.6) is 0 Å². The van der Waals surface area contributed by atoms with E-state index in [1.54, 1.807) is 6.08 Å². The largest absolute Gasteiger partial charge is 0.318 e. The number of aryl methyl sites for hydroxylation is 2. The fourth-order valence-electron chi connectivity index (χ4n) is 2.70. The van der Waals surface area contributed by atoms with Gasteiger partial charge in [0.15, 0.2) is 0 Å². The van der Waals surface area contributed by atoms with Gasteiger partial charge in [-0.15, -0.1) is 0 Å². The summed E-state index contributed by atoms with van der Waals surface area (Å²) in [5, 5.41) is 17.5. The summed E-state index contributed by atoms with van der Waals surface area (Å²) in [6.45, 7) is 5.87. The highest BCUT2D eigenvalue weighted by atomic mass is 16.2. The van der Waals surface area contributed by atoms with Crippen LogP contribution in [-0.2, 0) is 4.79 Å². The van der Waals surface area contributed by atoms with E-state index >= 15 is 0 Å². The van der Waals surface area contributed by atoms with Crippen LogP contribution in [0.4, 0.5) is 0 Å². The molecule has 2 aromatic rings. The molecule has 0 aliphatic heterocycles. The van der Waals surface area contributed by atoms with E-state index in [1.165, 1.54) is 16.5 Å². The van der Waals surface area contributed by atoms with Crippen molar-refractivity contribution in [1.82, 2.24) is 9.47 Å². The summed E-state index contributed by atoms with van der Waals surface area (Å²) < 4.78 is 2.13. The molecule has 5 heteroatoms. The number of benzene rings is 1. The average molecular weight is 332 g/mol. The van der Waals surface area contributed by atoms with Crippen molar-refractivity contribution in [2.24, 2.45) is 0 Å². The molecule has 0 aliphatic carbocycles. The predicted octanol–water partition coefficient (Wildman–Crippen LogP) is 3.29. The maximum Gasteiger partial charge on any atom is 0.248 e. The van der Waals surface area contributed by atoms with E-state index in [4.69, 9.17) is 10.5 Å². The highest BCUT2D eigenvalue weighted by molar-refractivity contribution is 5.92. The lowest BCUT2D eigenvalue weighted by Crippen LogP contribution is -2.30. The first-order chi connectivity index (χ1) is 12.0. The number of hydrogen-bond acceptors (Lipinski definition) is 3. The number of nitrogens with zero attached hydrogens (tertiary/aromatic N) is 4. The molecule has 0 radical (unpaired) electrons. The number of hydrogen-bond donors (Lipinski definition) is 0. The number of aromatic nitrogens is 1. The van der Waals surface area contributed by atoms with Gasteiger partial charge in [0.05, 0.1) is 12.1 Å². The van der Waals surface area contributed by atoms with Crippen LogP contribution < -0.4 is 0 Å². The van der Waals surface area contributed by atoms with E-state index in [0.29, 0.717) is 0 Å². The molecule has 5 nitrogen and oxygen atoms in total. The number of amides is 1. The Labute approximate surface area is 148 Å². The lowest BCUT2D eigenvalue weighted by atomic mass is 10.2. The van der Waals surface area contributed by atoms with Crippen molar-refractivity contribution in [1.29, 1.82) is 10.5 Å². The van der Waals surface area contributed by atoms with E-state index in [-0.39, 0.29) is 19.0 Å². The van der Waals surface area contributed by atoms with Crippen molar-refractivity contribution in [3.8, 4) is 17.8 Å². The Morgan fingerprint density at radius 1 is 1.12 bits per heavy atom. The fraction of sp³-hybridized carbons (Fsp3) is 0.250. The molecule has 0 unspecified atom stereocenters. The van der Waals surface area contributed by atoms with Gasteiger partial charge in [-0.1, -0.05) is 17.7 Å². The van der Waals surface area contributed by atoms with Crippen molar-refractivity contribution in [2.45, 2.75) is 20.8 Å². The molecule has 0 atom stereocenters. The quantitative estimate of drug-likeness (QED) is 0.623. The zero-order valence-electron chi connectivity index (χ0n) is 14.7. The molecule has 2 rings (SSSR count). The zero-order chi connectivity index (χ0) is 18.4. The lowest BCUT2D eigenvalue weighted by molar-refractivity contribution is -0.124. The summed E-state index contributed by atoms with van der Waals surface area (Å²) in [6, 6.07) is 14.1. The van der Waals surface area contributed by atoms with Gasteiger partial charge < -0.3 is 9.47 Å². The van der Waals surface area contributed by atoms with Gasteiger partial charge in [0, 0.05) is 23.2 Å². The molecular formula is C20H20N4O. The van der Waals surface area contributed by atoms with Gasteiger partial charge in [0.1, 0.15) is 13.1 Å². The summed E-state index contributed by atoms with van der Waals surface area (Å²) in [5.41, 5.74) is 5.30. The van der Waals surface area contributed by atoms with E-state index in [2.05, 4.69) is 28.8 Å². The maximum atomic E-state index is 12.1. The number of carbonyl (C=O) groups is 1. The number of nitriles is 2. The minimum atomic E-state index is -0.344. The predicted molar refractivity (Wildman–Crippen MR) is 96.8 cm³/mol. The normalized spacial score (nSPS) is 10.4. The van der Waals surface area contributed by atoms with Gasteiger partial charge in [-0.25, -0.2) is 0 Å². The first-order valence-electron chi connectivity index (χ1n) is 7.94. The molecule has 1 aromatic carbocycles. The molecule has 0 aliphatic rings. The van der Waals surface area contributed by atoms with E-state index < -0.39 is 0 Å². The second-order valence-corrected chi connectivity index (χ2v) is 5.84. The molecule has 1 heterocycles. The van der Waals surface area contributed by atoms with Crippen LogP contribution in [0.15, 0.2) is 36.4 Å². The van der Waals surface area contributed by atoms with E-state index in [0.717, 1.165) is 22.6 Å². The standard InChI is InChI=1S/C20H20N4O/c1-15-4-7-19(8-5-15)24-16(2)14-18(17(24)3)6-9-20(25)23(12-10-21)13-11-22/h4-9,14H,12-13H2,1-3H3. The summed E-state index contributed by atoms with van der Waals surface area (Å²) in [6.07, 6.45) is 3.15. The lowest BCUT2D eigenvalue weighted by Gasteiger charge is -2.12. The van der Waals surface area contributed by atoms with Crippen LogP contribution in [0, 0.1) is 43.4 Å². The van der Waals surface area contributed by atoms with Gasteiger partial charge in [-0.3, -0.25) is 4.79 Å². The van der Waals surface area contributed by atoms with Gasteiger partial charge in [0.2, 0.25) is 5.91 Å². The Morgan fingerprint density at radius 3 is 2.28 bits per heavy atom. The third kappa shape index (κ3) is 4.16. The minimum Gasteiger partial charge on any atom is -0.318 e. The highest BCUT2D eigenvalue weighted by Gasteiger charge is 2.11. The van der Waals surface area contributed by atoms with Gasteiger partial charge in [0.25, 0.3) is 0 Å². The fourth-order valence-corrected chi connectivity index (χ4v) is 2.70. The number of carbonyl (C=O) groups excluding carboxylic acids is 1. The molecule has 0 spiro atoms. The second kappa shape index (κ2) is 7.99. The molecule has 0 saturated heterocycles. The molecule has 25 heavy (non-hydrogen) atoms. The smallest absolute Gasteiger partial charge is 0.248 e. The SMILES string of the molecule is Cc1ccc(-n2c(C)cc(C=CC(=O)N(CC#N)CC#N)c2C)cc1. The topological polar surface area (TPSA) is 72.8 Å². The number of rotatable bonds is 5. The van der Waals surface area contributed by atoms with Gasteiger partial charge in [-0.05, 0) is 50.6 Å². The summed E-state index contributed by atoms with van der Waals surface area (Å²) >= 11 is 0. The average Bonchev–Trinajstić information content (AvgIpc) is 2.87. The minimum absolute atomic E-state index is 0.0981. The van der Waals surface area contributed by atoms with Crippen LogP contribution in [0.25, 0.3) is 11.8 Å². The van der Waals surface area contributed by atoms with Crippen LogP contribution in [0.3, 0.4) is 0 Å². The molecule has 1 aromatic heterocycles. The molecular weight excluding hydrogens is 312 g/mol. The van der Waals surface area contributed by atoms with Crippen molar-refractivity contribution in [2.75, 3.05) is 13.1 Å². The molecule has 0 bridgehead atoms. The van der Waals surface area contributed by atoms with Crippen LogP contribution in [0.2, 0.25) is 0 Å². The Hall–Kier alpha value is -3.31. The van der Waals surface area contributed by atoms with E-state index in [9.17, 15) is 4.79 Å². The molecule has 0 saturated carbocycles. The Balaban J connectivity index is 2.28. The van der Waals surface area contributed by atoms with E-state index in [1.807, 2.05) is 39.0 Å². The first-order valence-corrected chi connectivity index (χ1v) is 7.94. The summed E-state index contributed by atoms with van der Waals surface area (Å²) in [4.78, 5) is 13.3. The molecule has 126 valence electrons. The van der Waals surface area contributed by atoms with Crippen molar-refractivity contribution < 1.29 is 4.79 Å². The monoisotopic (exact) mass is 332 g/mol. The van der Waals surface area contributed by atoms with Crippen LogP contribution in [-0.4, -0.2) is 28.5 Å². The zero-order valence-corrected chi connectivity index (χ0v) is 14.7. The highest BCUT2D eigenvalue weighted by Crippen LogP contribution is 2.22. The third-order valence-corrected chi connectivity index (χ3v) is 4.00. The van der Waals surface area contributed by atoms with Crippen molar-refractivity contribution >= 4 is 12.0 Å². The Bertz CT molecular complexity index is 860. The second-order valence-electron chi connectivity index (χ2n) is 5.84. The molecule has 1 amide bonds. The van der Waals surface area contributed by atoms with Crippen LogP contribution in [0.1, 0.15) is 22.5 Å². The first kappa shape index (κ1) is 18.0. The molecule has 0 fully saturated rings. The third-order valence-electron chi connectivity index (χ3n) is 4.00. The van der Waals surface area contributed by atoms with Crippen molar-refractivity contribution in [3.05, 3.63) is 58.9 Å². The van der Waals surface area contributed by atoms with Crippen molar-refractivity contribution in [3.63, 3.8) is 0 Å². The van der Waals surface area contributed by atoms with Gasteiger partial charge >= 0.3 is 0 Å².